The number of phosphoric acid groups is 16. The Kier molecular flexibility index (Phi) is 424. The first kappa shape index (κ1) is 287. The van der Waals surface area contributed by atoms with Crippen molar-refractivity contribution in [1.82, 2.24) is 0 Å². The van der Waals surface area contributed by atoms with Gasteiger partial charge in [-0.3, -0.25) is 0 Å². The largest absolute Gasteiger partial charge is 2.00 e. The zero-order valence-corrected chi connectivity index (χ0v) is 119. The third-order valence-electron chi connectivity index (χ3n) is 0. The Balaban J connectivity index is -0.00000000979. The van der Waals surface area contributed by atoms with E-state index in [2.05, 4.69) is 0 Å². The van der Waals surface area contributed by atoms with Gasteiger partial charge >= 0.3 is 906 Å². The van der Waals surface area contributed by atoms with E-state index in [1.807, 2.05) is 0 Å². The first-order chi connectivity index (χ1) is 32.0. The minimum Gasteiger partial charge on any atom is -0.822 e. The predicted molar refractivity (Wildman–Crippen MR) is 271 cm³/mol. The van der Waals surface area contributed by atoms with E-state index in [4.69, 9.17) is 308 Å². The van der Waals surface area contributed by atoms with Crippen molar-refractivity contribution in [3.05, 3.63) is 0 Å². The van der Waals surface area contributed by atoms with Crippen molar-refractivity contribution in [1.29, 1.82) is 0 Å². The van der Waals surface area contributed by atoms with Crippen molar-refractivity contribution in [3.63, 3.8) is 0 Å². The number of hydrogen-bond acceptors (Lipinski definition) is 64. The molecule has 6 N–H and O–H groups in total. The molecular formula is H6Ca24O67P16. The van der Waals surface area contributed by atoms with Crippen LogP contribution in [0.1, 0.15) is 0 Å². The molecule has 0 aromatic heterocycles. The topological polar surface area (TPSA) is 1470 Å². The van der Waals surface area contributed by atoms with Crippen LogP contribution < -0.4 is 235 Å². The summed E-state index contributed by atoms with van der Waals surface area (Å²) >= 11 is 0. The van der Waals surface area contributed by atoms with Crippen LogP contribution in [0.5, 0.6) is 0 Å². The van der Waals surface area contributed by atoms with Gasteiger partial charge < -0.3 is 324 Å². The summed E-state index contributed by atoms with van der Waals surface area (Å²) in [5.74, 6) is 0. The van der Waals surface area contributed by atoms with Gasteiger partial charge in [0.15, 0.2) is 0 Å². The SMILES string of the molecule is O.O.O.O=P([O-])([O-])[O-].O=P([O-])([O-])[O-].O=P([O-])([O-])[O-].O=P([O-])([O-])[O-].O=P([O-])([O-])[O-].O=P([O-])([O-])[O-].O=P([O-])([O-])[O-].O=P([O-])([O-])[O-].O=P([O-])([O-])[O-].O=P([O-])([O-])[O-].O=P([O-])([O-])[O-].O=P([O-])([O-])[O-].O=P([O-])([O-])[O-].O=P([O-])([O-])[O-].O=P([O-])([O-])[O-].O=P([O-])([O-])[O-].[Ca+2].[Ca+2].[Ca+2].[Ca+2].[Ca+2].[Ca+2].[Ca+2].[Ca+2].[Ca+2].[Ca+2].[Ca+2].[Ca+2].[Ca+2].[Ca+2].[Ca+2].[Ca+2].[Ca+2].[Ca+2].[Ca+2].[Ca+2].[Ca+2].[Ca+2].[Ca+2].[Ca+2]. The van der Waals surface area contributed by atoms with Gasteiger partial charge in [-0.05, 0) is 0 Å². The van der Waals surface area contributed by atoms with Crippen LogP contribution in [0, 0.1) is 0 Å². The van der Waals surface area contributed by atoms with Gasteiger partial charge in [0.25, 0.3) is 0 Å². The summed E-state index contributed by atoms with van der Waals surface area (Å²) < 4.78 is 137. The molecular weight excluding hydrogens is 2530 g/mol. The Morgan fingerprint density at radius 2 is 0.0748 bits per heavy atom. The van der Waals surface area contributed by atoms with Crippen molar-refractivity contribution in [2.75, 3.05) is 0 Å². The zero-order chi connectivity index (χ0) is 72.0. The second-order valence-corrected chi connectivity index (χ2v) is 21.5. The Morgan fingerprint density at radius 3 is 0.0748 bits per heavy atom. The molecule has 0 saturated heterocycles. The van der Waals surface area contributed by atoms with Crippen molar-refractivity contribution in [2.45, 2.75) is 0 Å². The fourth-order valence-electron chi connectivity index (χ4n) is 0. The molecule has 0 aromatic carbocycles. The van der Waals surface area contributed by atoms with Crippen LogP contribution >= 0.6 is 125 Å². The summed E-state index contributed by atoms with van der Waals surface area (Å²) in [7, 11) is -86.2. The second-order valence-electron chi connectivity index (χ2n) is 7.16. The van der Waals surface area contributed by atoms with Gasteiger partial charge in [-0.1, -0.05) is 0 Å². The van der Waals surface area contributed by atoms with E-state index in [9.17, 15) is 0 Å². The molecule has 536 valence electrons. The van der Waals surface area contributed by atoms with Crippen LogP contribution in [0.3, 0.4) is 0 Å². The van der Waals surface area contributed by atoms with Crippen molar-refractivity contribution in [2.24, 2.45) is 0 Å². The molecule has 0 atom stereocenters. The molecule has 0 radical (unpaired) electrons. The smallest absolute Gasteiger partial charge is 0.822 e. The Bertz CT molecular complexity index is 1520. The van der Waals surface area contributed by atoms with Crippen LogP contribution in [-0.4, -0.2) is 922 Å². The number of hydrogen-bond donors (Lipinski definition) is 0. The van der Waals surface area contributed by atoms with Gasteiger partial charge in [0.1, 0.15) is 0 Å². The molecule has 0 unspecified atom stereocenters. The minimum atomic E-state index is -5.39. The second kappa shape index (κ2) is 158. The van der Waals surface area contributed by atoms with E-state index < -0.39 is 125 Å². The molecule has 0 heterocycles. The van der Waals surface area contributed by atoms with Gasteiger partial charge in [-0.25, -0.2) is 0 Å². The summed E-state index contributed by atoms with van der Waals surface area (Å²) in [6.07, 6.45) is 0. The van der Waals surface area contributed by atoms with Gasteiger partial charge in [-0.15, -0.1) is 0 Å². The Labute approximate surface area is 1320 Å². The molecule has 0 saturated carbocycles. The molecule has 0 aromatic rings. The summed E-state index contributed by atoms with van der Waals surface area (Å²) in [4.78, 5) is 410. The summed E-state index contributed by atoms with van der Waals surface area (Å²) in [6.45, 7) is 0. The summed E-state index contributed by atoms with van der Waals surface area (Å²) in [5, 5.41) is 0. The fourth-order valence-corrected chi connectivity index (χ4v) is 0. The first-order valence-electron chi connectivity index (χ1n) is 11.7. The van der Waals surface area contributed by atoms with E-state index in [0.29, 0.717) is 0 Å². The molecule has 0 aliphatic heterocycles. The van der Waals surface area contributed by atoms with Crippen molar-refractivity contribution < 1.29 is 324 Å². The Hall–Kier alpha value is 31.9. The monoisotopic (exact) mass is 2530 g/mol. The zero-order valence-electron chi connectivity index (χ0n) is 51.8. The van der Waals surface area contributed by atoms with Crippen LogP contribution in [0.15, 0.2) is 0 Å². The van der Waals surface area contributed by atoms with Gasteiger partial charge in [0, 0.05) is 0 Å². The van der Waals surface area contributed by atoms with E-state index in [-0.39, 0.29) is 922 Å². The average Bonchev–Trinajstić information content (AvgIpc) is 2.70. The first-order valence-corrected chi connectivity index (χ1v) is 35.1. The maximum Gasteiger partial charge on any atom is 2.00 e. The molecule has 0 aliphatic rings. The molecule has 0 aliphatic carbocycles. The molecule has 67 nitrogen and oxygen atoms in total. The van der Waals surface area contributed by atoms with E-state index >= 15 is 0 Å². The third-order valence-corrected chi connectivity index (χ3v) is 0. The van der Waals surface area contributed by atoms with Gasteiger partial charge in [0.05, 0.1) is 0 Å². The van der Waals surface area contributed by atoms with E-state index in [1.165, 1.54) is 0 Å². The normalized spacial score (nSPS) is 8.82. The molecule has 0 bridgehead atoms. The molecule has 0 spiro atoms. The minimum absolute atomic E-state index is 0. The molecule has 0 amide bonds. The van der Waals surface area contributed by atoms with Gasteiger partial charge in [-0.2, -0.15) is 125 Å². The van der Waals surface area contributed by atoms with Crippen LogP contribution in [-0.2, 0) is 73.0 Å². The molecule has 0 fully saturated rings. The standard InChI is InChI=1S/24Ca.16H3O4P.3H2O/c;;;;;;;;;;;;;;;;;;;;;;;;16*1-5(2,3)4;;;/h;;;;;;;;;;;;;;;;;;;;;;;;16*(H3,1,2,3,4);3*1H2/q24*+2;;;;;;;;;;;;;;;;;;;/p-48. The van der Waals surface area contributed by atoms with Gasteiger partial charge in [0.2, 0.25) is 0 Å². The summed E-state index contributed by atoms with van der Waals surface area (Å²) in [6, 6.07) is 0. The summed E-state index contributed by atoms with van der Waals surface area (Å²) in [5.41, 5.74) is 0. The molecule has 107 heavy (non-hydrogen) atoms. The van der Waals surface area contributed by atoms with Crippen molar-refractivity contribution in [3.8, 4) is 0 Å². The predicted octanol–water partition coefficient (Wildman–Crippen LogP) is -56.8. The van der Waals surface area contributed by atoms with E-state index in [0.717, 1.165) is 0 Å². The molecule has 0 rings (SSSR count). The quantitative estimate of drug-likeness (QED) is 0.160. The average molecular weight is 2540 g/mol. The fraction of sp³-hybridized carbons (Fsp3) is 0. The van der Waals surface area contributed by atoms with Crippen LogP contribution in [0.2, 0.25) is 0 Å². The van der Waals surface area contributed by atoms with Crippen LogP contribution in [0.4, 0.5) is 0 Å². The van der Waals surface area contributed by atoms with Crippen molar-refractivity contribution >= 4 is 1030 Å². The third kappa shape index (κ3) is 2510. The van der Waals surface area contributed by atoms with Crippen LogP contribution in [0.25, 0.3) is 0 Å². The molecule has 107 heteroatoms. The number of rotatable bonds is 0. The Morgan fingerprint density at radius 1 is 0.0748 bits per heavy atom. The maximum absolute atomic E-state index is 8.55. The van der Waals surface area contributed by atoms with E-state index in [1.54, 1.807) is 0 Å². The maximum atomic E-state index is 8.55.